The lowest BCUT2D eigenvalue weighted by Gasteiger charge is -2.31. The quantitative estimate of drug-likeness (QED) is 0.621. The fourth-order valence-electron chi connectivity index (χ4n) is 3.43. The number of amides is 1. The van der Waals surface area contributed by atoms with Gasteiger partial charge in [0, 0.05) is 37.5 Å². The van der Waals surface area contributed by atoms with Gasteiger partial charge in [0.25, 0.3) is 5.91 Å². The van der Waals surface area contributed by atoms with Crippen molar-refractivity contribution in [1.82, 2.24) is 4.31 Å². The molecule has 1 aliphatic rings. The molecule has 3 rings (SSSR count). The van der Waals surface area contributed by atoms with E-state index in [0.717, 1.165) is 6.07 Å². The number of aliphatic hydroxyl groups is 1. The van der Waals surface area contributed by atoms with Crippen molar-refractivity contribution in [1.29, 1.82) is 0 Å². The monoisotopic (exact) mass is 476 g/mol. The molecule has 0 atom stereocenters. The Morgan fingerprint density at radius 2 is 1.74 bits per heavy atom. The minimum absolute atomic E-state index is 0.0505. The second-order valence-electron chi connectivity index (χ2n) is 7.21. The third kappa shape index (κ3) is 5.20. The smallest absolute Gasteiger partial charge is 0.257 e. The van der Waals surface area contributed by atoms with Crippen molar-refractivity contribution >= 4 is 33.2 Å². The van der Waals surface area contributed by atoms with Crippen molar-refractivity contribution in [2.24, 2.45) is 5.92 Å². The van der Waals surface area contributed by atoms with Gasteiger partial charge in [-0.3, -0.25) is 4.79 Å². The summed E-state index contributed by atoms with van der Waals surface area (Å²) in [7, 11) is -3.90. The van der Waals surface area contributed by atoms with E-state index in [4.69, 9.17) is 16.7 Å². The van der Waals surface area contributed by atoms with Crippen LogP contribution >= 0.6 is 11.6 Å². The van der Waals surface area contributed by atoms with Crippen molar-refractivity contribution < 1.29 is 31.5 Å². The van der Waals surface area contributed by atoms with Crippen LogP contribution < -0.4 is 5.32 Å². The number of rotatable bonds is 6. The topological polar surface area (TPSA) is 86.7 Å². The number of hydrogen-bond donors (Lipinski definition) is 2. The minimum atomic E-state index is -3.90. The number of nitrogens with one attached hydrogen (secondary N) is 1. The third-order valence-electron chi connectivity index (χ3n) is 5.17. The van der Waals surface area contributed by atoms with E-state index in [1.165, 1.54) is 16.4 Å². The Kier molecular flexibility index (Phi) is 7.25. The molecule has 31 heavy (non-hydrogen) atoms. The normalized spacial score (nSPS) is 15.8. The number of nitrogens with zero attached hydrogens (tertiary/aromatic N) is 1. The Balaban J connectivity index is 1.82. The molecular weight excluding hydrogens is 457 g/mol. The first-order valence-corrected chi connectivity index (χ1v) is 11.3. The third-order valence-corrected chi connectivity index (χ3v) is 7.40. The van der Waals surface area contributed by atoms with Crippen LogP contribution in [0.3, 0.4) is 0 Å². The molecule has 1 aliphatic heterocycles. The molecule has 2 aromatic rings. The van der Waals surface area contributed by atoms with Crippen LogP contribution in [-0.4, -0.2) is 43.4 Å². The average molecular weight is 477 g/mol. The molecule has 0 aliphatic carbocycles. The number of carbonyl (C=O) groups excluding carboxylic acids is 1. The Bertz CT molecular complexity index is 1070. The molecule has 2 N–H and O–H groups in total. The molecule has 1 amide bonds. The van der Waals surface area contributed by atoms with E-state index in [1.807, 2.05) is 0 Å². The number of halogens is 4. The number of carbonyl (C=O) groups is 1. The number of piperidine rings is 1. The summed E-state index contributed by atoms with van der Waals surface area (Å²) in [4.78, 5) is 12.4. The molecule has 2 aromatic carbocycles. The first kappa shape index (κ1) is 23.5. The molecule has 11 heteroatoms. The van der Waals surface area contributed by atoms with Gasteiger partial charge in [-0.15, -0.1) is 0 Å². The SMILES string of the molecule is O=C(Nc1cc(F)c(F)c(F)c1)c1cc(S(=O)(=O)N2CCC(CCO)CC2)ccc1Cl. The summed E-state index contributed by atoms with van der Waals surface area (Å²) >= 11 is 6.03. The maximum Gasteiger partial charge on any atom is 0.257 e. The predicted octanol–water partition coefficient (Wildman–Crippen LogP) is 3.79. The lowest BCUT2D eigenvalue weighted by molar-refractivity contribution is 0.102. The van der Waals surface area contributed by atoms with E-state index >= 15 is 0 Å². The molecule has 0 spiro atoms. The van der Waals surface area contributed by atoms with Gasteiger partial charge in [-0.05, 0) is 43.4 Å². The largest absolute Gasteiger partial charge is 0.396 e. The van der Waals surface area contributed by atoms with Crippen molar-refractivity contribution in [2.45, 2.75) is 24.2 Å². The first-order valence-electron chi connectivity index (χ1n) is 9.50. The maximum atomic E-state index is 13.4. The zero-order valence-electron chi connectivity index (χ0n) is 16.2. The number of sulfonamides is 1. The number of hydrogen-bond acceptors (Lipinski definition) is 4. The lowest BCUT2D eigenvalue weighted by Crippen LogP contribution is -2.38. The van der Waals surface area contributed by atoms with Gasteiger partial charge in [-0.2, -0.15) is 4.31 Å². The van der Waals surface area contributed by atoms with Gasteiger partial charge < -0.3 is 10.4 Å². The molecule has 0 aromatic heterocycles. The van der Waals surface area contributed by atoms with Crippen molar-refractivity contribution in [3.8, 4) is 0 Å². The van der Waals surface area contributed by atoms with Gasteiger partial charge in [0.2, 0.25) is 10.0 Å². The highest BCUT2D eigenvalue weighted by Gasteiger charge is 2.30. The highest BCUT2D eigenvalue weighted by Crippen LogP contribution is 2.28. The van der Waals surface area contributed by atoms with Gasteiger partial charge in [0.05, 0.1) is 15.5 Å². The molecule has 0 saturated carbocycles. The molecule has 0 radical (unpaired) electrons. The summed E-state index contributed by atoms with van der Waals surface area (Å²) in [6.07, 6.45) is 1.84. The molecule has 1 heterocycles. The van der Waals surface area contributed by atoms with Crippen LogP contribution in [0.25, 0.3) is 0 Å². The number of aliphatic hydroxyl groups excluding tert-OH is 1. The first-order chi connectivity index (χ1) is 14.6. The fraction of sp³-hybridized carbons (Fsp3) is 0.350. The zero-order chi connectivity index (χ0) is 22.8. The Hall–Kier alpha value is -2.14. The zero-order valence-corrected chi connectivity index (χ0v) is 17.8. The van der Waals surface area contributed by atoms with Gasteiger partial charge in [-0.25, -0.2) is 21.6 Å². The summed E-state index contributed by atoms with van der Waals surface area (Å²) in [5, 5.41) is 11.2. The summed E-state index contributed by atoms with van der Waals surface area (Å²) in [6, 6.07) is 4.80. The number of benzene rings is 2. The second-order valence-corrected chi connectivity index (χ2v) is 9.55. The molecule has 6 nitrogen and oxygen atoms in total. The lowest BCUT2D eigenvalue weighted by atomic mass is 9.95. The molecule has 1 saturated heterocycles. The van der Waals surface area contributed by atoms with Crippen LogP contribution in [0.1, 0.15) is 29.6 Å². The van der Waals surface area contributed by atoms with Gasteiger partial charge in [0.15, 0.2) is 17.5 Å². The Morgan fingerprint density at radius 3 is 2.32 bits per heavy atom. The van der Waals surface area contributed by atoms with E-state index in [9.17, 15) is 26.4 Å². The van der Waals surface area contributed by atoms with E-state index in [2.05, 4.69) is 5.32 Å². The van der Waals surface area contributed by atoms with Gasteiger partial charge in [0.1, 0.15) is 0 Å². The van der Waals surface area contributed by atoms with Crippen LogP contribution in [0.15, 0.2) is 35.2 Å². The summed E-state index contributed by atoms with van der Waals surface area (Å²) in [5.74, 6) is -5.30. The van der Waals surface area contributed by atoms with Crippen LogP contribution in [-0.2, 0) is 10.0 Å². The van der Waals surface area contributed by atoms with Crippen molar-refractivity contribution in [2.75, 3.05) is 25.0 Å². The Morgan fingerprint density at radius 1 is 1.13 bits per heavy atom. The van der Waals surface area contributed by atoms with Gasteiger partial charge in [-0.1, -0.05) is 11.6 Å². The summed E-state index contributed by atoms with van der Waals surface area (Å²) < 4.78 is 67.1. The van der Waals surface area contributed by atoms with Gasteiger partial charge >= 0.3 is 0 Å². The van der Waals surface area contributed by atoms with E-state index in [0.29, 0.717) is 31.4 Å². The molecule has 0 bridgehead atoms. The fourth-order valence-corrected chi connectivity index (χ4v) is 5.13. The standard InChI is InChI=1S/C20H20ClF3N2O4S/c21-16-2-1-14(31(29,30)26-6-3-12(4-7-26)5-8-27)11-15(16)20(28)25-13-9-17(22)19(24)18(23)10-13/h1-2,9-12,27H,3-8H2,(H,25,28). The Labute approximate surface area is 182 Å². The van der Waals surface area contributed by atoms with Crippen LogP contribution in [0.4, 0.5) is 18.9 Å². The van der Waals surface area contributed by atoms with E-state index in [1.54, 1.807) is 0 Å². The summed E-state index contributed by atoms with van der Waals surface area (Å²) in [5.41, 5.74) is -0.570. The van der Waals surface area contributed by atoms with Crippen LogP contribution in [0.5, 0.6) is 0 Å². The van der Waals surface area contributed by atoms with Crippen LogP contribution in [0.2, 0.25) is 5.02 Å². The van der Waals surface area contributed by atoms with E-state index < -0.39 is 33.4 Å². The van der Waals surface area contributed by atoms with Crippen molar-refractivity contribution in [3.63, 3.8) is 0 Å². The average Bonchev–Trinajstić information content (AvgIpc) is 2.72. The minimum Gasteiger partial charge on any atom is -0.396 e. The van der Waals surface area contributed by atoms with Crippen LogP contribution in [0, 0.1) is 23.4 Å². The molecular formula is C20H20ClF3N2O4S. The highest BCUT2D eigenvalue weighted by molar-refractivity contribution is 7.89. The molecule has 168 valence electrons. The second kappa shape index (κ2) is 9.56. The molecule has 1 fully saturated rings. The summed E-state index contributed by atoms with van der Waals surface area (Å²) in [6.45, 7) is 0.617. The highest BCUT2D eigenvalue weighted by atomic mass is 35.5. The van der Waals surface area contributed by atoms with E-state index in [-0.39, 0.29) is 46.8 Å². The number of anilines is 1. The predicted molar refractivity (Wildman–Crippen MR) is 109 cm³/mol. The van der Waals surface area contributed by atoms with Crippen molar-refractivity contribution in [3.05, 3.63) is 58.4 Å². The maximum absolute atomic E-state index is 13.4. The molecule has 0 unspecified atom stereocenters.